The predicted molar refractivity (Wildman–Crippen MR) is 72.4 cm³/mol. The summed E-state index contributed by atoms with van der Waals surface area (Å²) < 4.78 is 23.8. The normalized spacial score (nSPS) is 12.5. The number of hydrogen-bond acceptors (Lipinski definition) is 4. The molecule has 0 radical (unpaired) electrons. The van der Waals surface area contributed by atoms with E-state index in [4.69, 9.17) is 8.83 Å². The standard InChI is InChI=1S/C15H14FN3O2/c1-10(17-9-13-3-2-8-20-13)14-18-19-15(21-14)11-4-6-12(16)7-5-11/h2-8,10,17H,9H2,1H3/p+1/t10-/m0/s1. The zero-order valence-electron chi connectivity index (χ0n) is 11.5. The van der Waals surface area contributed by atoms with Crippen molar-refractivity contribution >= 4 is 0 Å². The van der Waals surface area contributed by atoms with Gasteiger partial charge in [0.15, 0.2) is 11.8 Å². The lowest BCUT2D eigenvalue weighted by Gasteiger charge is -2.04. The average Bonchev–Trinajstić information content (AvgIpc) is 3.17. The zero-order valence-corrected chi connectivity index (χ0v) is 11.5. The largest absolute Gasteiger partial charge is 0.463 e. The van der Waals surface area contributed by atoms with Gasteiger partial charge in [0.05, 0.1) is 6.26 Å². The Labute approximate surface area is 120 Å². The minimum Gasteiger partial charge on any atom is -0.463 e. The fourth-order valence-electron chi connectivity index (χ4n) is 1.95. The Balaban J connectivity index is 1.67. The highest BCUT2D eigenvalue weighted by Gasteiger charge is 2.18. The number of rotatable bonds is 5. The van der Waals surface area contributed by atoms with Crippen molar-refractivity contribution in [2.45, 2.75) is 19.5 Å². The third-order valence-corrected chi connectivity index (χ3v) is 3.17. The van der Waals surface area contributed by atoms with Gasteiger partial charge in [0.1, 0.15) is 12.4 Å². The maximum absolute atomic E-state index is 12.9. The summed E-state index contributed by atoms with van der Waals surface area (Å²) in [5.41, 5.74) is 0.702. The average molecular weight is 288 g/mol. The summed E-state index contributed by atoms with van der Waals surface area (Å²) in [4.78, 5) is 0. The minimum absolute atomic E-state index is 0.0109. The molecule has 5 nitrogen and oxygen atoms in total. The summed E-state index contributed by atoms with van der Waals surface area (Å²) in [6.07, 6.45) is 1.65. The van der Waals surface area contributed by atoms with Gasteiger partial charge in [-0.15, -0.1) is 10.2 Å². The number of hydrogen-bond donors (Lipinski definition) is 1. The summed E-state index contributed by atoms with van der Waals surface area (Å²) in [5, 5.41) is 10.1. The first-order valence-corrected chi connectivity index (χ1v) is 6.67. The van der Waals surface area contributed by atoms with Crippen LogP contribution in [0.5, 0.6) is 0 Å². The molecule has 0 aliphatic heterocycles. The van der Waals surface area contributed by atoms with E-state index in [2.05, 4.69) is 10.2 Å². The van der Waals surface area contributed by atoms with E-state index in [-0.39, 0.29) is 11.9 Å². The van der Waals surface area contributed by atoms with Crippen LogP contribution in [0.25, 0.3) is 11.5 Å². The number of nitrogens with zero attached hydrogens (tertiary/aromatic N) is 2. The van der Waals surface area contributed by atoms with E-state index >= 15 is 0 Å². The summed E-state index contributed by atoms with van der Waals surface area (Å²) >= 11 is 0. The van der Waals surface area contributed by atoms with Crippen LogP contribution in [-0.2, 0) is 6.54 Å². The first-order valence-electron chi connectivity index (χ1n) is 6.67. The van der Waals surface area contributed by atoms with E-state index in [9.17, 15) is 4.39 Å². The van der Waals surface area contributed by atoms with Gasteiger partial charge in [-0.2, -0.15) is 0 Å². The highest BCUT2D eigenvalue weighted by Crippen LogP contribution is 2.19. The lowest BCUT2D eigenvalue weighted by Crippen LogP contribution is -2.83. The van der Waals surface area contributed by atoms with Crippen molar-refractivity contribution in [1.82, 2.24) is 10.2 Å². The first-order chi connectivity index (χ1) is 10.2. The topological polar surface area (TPSA) is 68.7 Å². The van der Waals surface area contributed by atoms with Crippen molar-refractivity contribution in [3.8, 4) is 11.5 Å². The second-order valence-electron chi connectivity index (χ2n) is 4.76. The van der Waals surface area contributed by atoms with E-state index in [1.54, 1.807) is 18.4 Å². The number of aromatic nitrogens is 2. The highest BCUT2D eigenvalue weighted by molar-refractivity contribution is 5.51. The number of quaternary nitrogens is 1. The Morgan fingerprint density at radius 3 is 2.71 bits per heavy atom. The molecule has 3 aromatic rings. The van der Waals surface area contributed by atoms with Gasteiger partial charge in [0.2, 0.25) is 5.89 Å². The van der Waals surface area contributed by atoms with Crippen molar-refractivity contribution in [3.05, 3.63) is 60.1 Å². The molecule has 3 rings (SSSR count). The van der Waals surface area contributed by atoms with Gasteiger partial charge in [-0.1, -0.05) is 0 Å². The van der Waals surface area contributed by atoms with Crippen LogP contribution in [0.2, 0.25) is 0 Å². The molecule has 0 amide bonds. The molecule has 2 N–H and O–H groups in total. The summed E-state index contributed by atoms with van der Waals surface area (Å²) in [7, 11) is 0. The fourth-order valence-corrected chi connectivity index (χ4v) is 1.95. The van der Waals surface area contributed by atoms with E-state index in [1.807, 2.05) is 24.4 Å². The van der Waals surface area contributed by atoms with Crippen LogP contribution in [0.3, 0.4) is 0 Å². The van der Waals surface area contributed by atoms with Crippen molar-refractivity contribution in [2.24, 2.45) is 0 Å². The Morgan fingerprint density at radius 2 is 2.00 bits per heavy atom. The number of halogens is 1. The molecule has 108 valence electrons. The van der Waals surface area contributed by atoms with Crippen LogP contribution >= 0.6 is 0 Å². The van der Waals surface area contributed by atoms with E-state index in [0.717, 1.165) is 5.76 Å². The molecular formula is C15H15FN3O2+. The van der Waals surface area contributed by atoms with Gasteiger partial charge in [-0.3, -0.25) is 0 Å². The third kappa shape index (κ3) is 3.17. The maximum atomic E-state index is 12.9. The van der Waals surface area contributed by atoms with Gasteiger partial charge < -0.3 is 14.2 Å². The smallest absolute Gasteiger partial charge is 0.274 e. The molecule has 0 spiro atoms. The van der Waals surface area contributed by atoms with Gasteiger partial charge in [0, 0.05) is 5.56 Å². The van der Waals surface area contributed by atoms with Crippen LogP contribution in [0.15, 0.2) is 51.5 Å². The number of nitrogens with two attached hydrogens (primary N) is 1. The molecule has 0 saturated carbocycles. The second kappa shape index (κ2) is 5.88. The van der Waals surface area contributed by atoms with Gasteiger partial charge in [-0.25, -0.2) is 4.39 Å². The highest BCUT2D eigenvalue weighted by atomic mass is 19.1. The van der Waals surface area contributed by atoms with E-state index in [0.29, 0.717) is 23.9 Å². The molecule has 2 heterocycles. The lowest BCUT2D eigenvalue weighted by molar-refractivity contribution is -0.711. The van der Waals surface area contributed by atoms with Crippen molar-refractivity contribution < 1.29 is 18.5 Å². The van der Waals surface area contributed by atoms with Crippen molar-refractivity contribution in [3.63, 3.8) is 0 Å². The molecule has 1 aromatic carbocycles. The molecule has 0 saturated heterocycles. The minimum atomic E-state index is -0.293. The van der Waals surface area contributed by atoms with Gasteiger partial charge in [-0.05, 0) is 43.3 Å². The van der Waals surface area contributed by atoms with Crippen molar-refractivity contribution in [1.29, 1.82) is 0 Å². The lowest BCUT2D eigenvalue weighted by atomic mass is 10.2. The van der Waals surface area contributed by atoms with Crippen LogP contribution in [0.4, 0.5) is 4.39 Å². The third-order valence-electron chi connectivity index (χ3n) is 3.17. The molecule has 1 atom stereocenters. The zero-order chi connectivity index (χ0) is 14.7. The van der Waals surface area contributed by atoms with Crippen LogP contribution in [-0.4, -0.2) is 10.2 Å². The first kappa shape index (κ1) is 13.5. The number of furan rings is 1. The van der Waals surface area contributed by atoms with Crippen LogP contribution in [0.1, 0.15) is 24.6 Å². The molecule has 0 unspecified atom stereocenters. The monoisotopic (exact) mass is 288 g/mol. The quantitative estimate of drug-likeness (QED) is 0.782. The van der Waals surface area contributed by atoms with E-state index in [1.165, 1.54) is 12.1 Å². The summed E-state index contributed by atoms with van der Waals surface area (Å²) in [5.74, 6) is 1.52. The van der Waals surface area contributed by atoms with Gasteiger partial charge >= 0.3 is 0 Å². The maximum Gasteiger partial charge on any atom is 0.274 e. The molecule has 2 aromatic heterocycles. The predicted octanol–water partition coefficient (Wildman–Crippen LogP) is 2.29. The fraction of sp³-hybridized carbons (Fsp3) is 0.200. The second-order valence-corrected chi connectivity index (χ2v) is 4.76. The Bertz CT molecular complexity index is 692. The number of benzene rings is 1. The van der Waals surface area contributed by atoms with Crippen molar-refractivity contribution in [2.75, 3.05) is 0 Å². The molecule has 6 heteroatoms. The Hall–Kier alpha value is -2.47. The summed E-state index contributed by atoms with van der Waals surface area (Å²) in [6, 6.07) is 9.75. The van der Waals surface area contributed by atoms with E-state index < -0.39 is 0 Å². The molecule has 21 heavy (non-hydrogen) atoms. The Kier molecular flexibility index (Phi) is 3.79. The SMILES string of the molecule is C[C@H]([NH2+]Cc1ccco1)c1nnc(-c2ccc(F)cc2)o1. The Morgan fingerprint density at radius 1 is 1.19 bits per heavy atom. The van der Waals surface area contributed by atoms with Gasteiger partial charge in [0.25, 0.3) is 5.89 Å². The molecule has 0 fully saturated rings. The molecular weight excluding hydrogens is 273 g/mol. The molecule has 0 aliphatic carbocycles. The van der Waals surface area contributed by atoms with Crippen LogP contribution < -0.4 is 5.32 Å². The molecule has 0 aliphatic rings. The summed E-state index contributed by atoms with van der Waals surface area (Å²) in [6.45, 7) is 2.67. The molecule has 0 bridgehead atoms. The van der Waals surface area contributed by atoms with Crippen LogP contribution in [0, 0.1) is 5.82 Å².